The van der Waals surface area contributed by atoms with Crippen LogP contribution < -0.4 is 5.32 Å². The Kier molecular flexibility index (Phi) is 2.88. The molecule has 0 aromatic carbocycles. The van der Waals surface area contributed by atoms with Crippen LogP contribution in [0.4, 0.5) is 13.2 Å². The standard InChI is InChI=1S/C13H20F3N/c14-13(15,16)1-2-17-12-10-4-8-3-9(6-10)7-11(12)5-8/h8-12,17H,1-7H2. The van der Waals surface area contributed by atoms with Gasteiger partial charge in [-0.1, -0.05) is 0 Å². The normalized spacial score (nSPS) is 44.3. The Balaban J connectivity index is 1.54. The largest absolute Gasteiger partial charge is 0.390 e. The summed E-state index contributed by atoms with van der Waals surface area (Å²) in [5.74, 6) is 3.11. The molecule has 4 saturated carbocycles. The van der Waals surface area contributed by atoms with Crippen LogP contribution in [0.1, 0.15) is 38.5 Å². The molecule has 98 valence electrons. The molecule has 4 aliphatic carbocycles. The van der Waals surface area contributed by atoms with Crippen LogP contribution in [0.15, 0.2) is 0 Å². The molecule has 0 radical (unpaired) electrons. The molecule has 4 heteroatoms. The van der Waals surface area contributed by atoms with Gasteiger partial charge in [0.15, 0.2) is 0 Å². The molecular formula is C13H20F3N. The van der Waals surface area contributed by atoms with Crippen LogP contribution >= 0.6 is 0 Å². The molecule has 4 fully saturated rings. The number of hydrogen-bond donors (Lipinski definition) is 1. The summed E-state index contributed by atoms with van der Waals surface area (Å²) >= 11 is 0. The molecule has 17 heavy (non-hydrogen) atoms. The van der Waals surface area contributed by atoms with E-state index in [9.17, 15) is 13.2 Å². The van der Waals surface area contributed by atoms with E-state index in [2.05, 4.69) is 5.32 Å². The van der Waals surface area contributed by atoms with Crippen LogP contribution in [0.3, 0.4) is 0 Å². The minimum Gasteiger partial charge on any atom is -0.313 e. The predicted octanol–water partition coefficient (Wildman–Crippen LogP) is 3.35. The SMILES string of the molecule is FC(F)(F)CCNC1C2CC3CC(C2)CC1C3. The van der Waals surface area contributed by atoms with Crippen molar-refractivity contribution in [1.82, 2.24) is 5.32 Å². The first-order chi connectivity index (χ1) is 8.01. The maximum absolute atomic E-state index is 12.1. The third-order valence-corrected chi connectivity index (χ3v) is 5.02. The van der Waals surface area contributed by atoms with Crippen LogP contribution in [0.2, 0.25) is 0 Å². The lowest BCUT2D eigenvalue weighted by Gasteiger charge is -2.54. The molecule has 0 heterocycles. The number of halogens is 3. The quantitative estimate of drug-likeness (QED) is 0.806. The summed E-state index contributed by atoms with van der Waals surface area (Å²) in [5, 5.41) is 3.20. The van der Waals surface area contributed by atoms with E-state index < -0.39 is 12.6 Å². The highest BCUT2D eigenvalue weighted by atomic mass is 19.4. The van der Waals surface area contributed by atoms with Crippen LogP contribution in [0.5, 0.6) is 0 Å². The van der Waals surface area contributed by atoms with Crippen LogP contribution in [-0.2, 0) is 0 Å². The molecule has 0 aromatic heterocycles. The zero-order valence-electron chi connectivity index (χ0n) is 9.97. The number of nitrogens with one attached hydrogen (secondary N) is 1. The van der Waals surface area contributed by atoms with Crippen molar-refractivity contribution in [1.29, 1.82) is 0 Å². The lowest BCUT2D eigenvalue weighted by Crippen LogP contribution is -2.54. The van der Waals surface area contributed by atoms with E-state index >= 15 is 0 Å². The molecule has 0 aromatic rings. The van der Waals surface area contributed by atoms with Gasteiger partial charge in [0.05, 0.1) is 6.42 Å². The van der Waals surface area contributed by atoms with Gasteiger partial charge in [-0.2, -0.15) is 13.2 Å². The van der Waals surface area contributed by atoms with E-state index in [1.165, 1.54) is 32.1 Å². The monoisotopic (exact) mass is 247 g/mol. The first kappa shape index (κ1) is 11.8. The Morgan fingerprint density at radius 2 is 1.41 bits per heavy atom. The summed E-state index contributed by atoms with van der Waals surface area (Å²) in [5.41, 5.74) is 0. The van der Waals surface area contributed by atoms with Crippen LogP contribution in [0, 0.1) is 23.7 Å². The highest BCUT2D eigenvalue weighted by Gasteiger charge is 2.47. The van der Waals surface area contributed by atoms with E-state index in [4.69, 9.17) is 0 Å². The van der Waals surface area contributed by atoms with Gasteiger partial charge in [0.2, 0.25) is 0 Å². The smallest absolute Gasteiger partial charge is 0.313 e. The Labute approximate surface area is 100 Å². The second kappa shape index (κ2) is 4.15. The molecule has 0 spiro atoms. The van der Waals surface area contributed by atoms with Gasteiger partial charge < -0.3 is 5.32 Å². The van der Waals surface area contributed by atoms with Crippen molar-refractivity contribution < 1.29 is 13.2 Å². The molecule has 0 atom stereocenters. The molecule has 1 nitrogen and oxygen atoms in total. The van der Waals surface area contributed by atoms with E-state index in [0.717, 1.165) is 11.8 Å². The first-order valence-electron chi connectivity index (χ1n) is 6.81. The fourth-order valence-corrected chi connectivity index (χ4v) is 4.64. The van der Waals surface area contributed by atoms with Gasteiger partial charge in [-0.25, -0.2) is 0 Å². The van der Waals surface area contributed by atoms with Gasteiger partial charge >= 0.3 is 6.18 Å². The molecule has 4 bridgehead atoms. The highest BCUT2D eigenvalue weighted by molar-refractivity contribution is 5.01. The van der Waals surface area contributed by atoms with Crippen molar-refractivity contribution in [2.45, 2.75) is 50.7 Å². The van der Waals surface area contributed by atoms with Crippen molar-refractivity contribution in [2.24, 2.45) is 23.7 Å². The second-order valence-corrected chi connectivity index (χ2v) is 6.28. The molecular weight excluding hydrogens is 227 g/mol. The molecule has 4 rings (SSSR count). The average Bonchev–Trinajstić information content (AvgIpc) is 2.19. The van der Waals surface area contributed by atoms with Crippen molar-refractivity contribution in [3.05, 3.63) is 0 Å². The summed E-state index contributed by atoms with van der Waals surface area (Å²) < 4.78 is 36.4. The van der Waals surface area contributed by atoms with Gasteiger partial charge in [-0.05, 0) is 55.8 Å². The Morgan fingerprint density at radius 1 is 0.882 bits per heavy atom. The zero-order valence-corrected chi connectivity index (χ0v) is 9.97. The summed E-state index contributed by atoms with van der Waals surface area (Å²) in [7, 11) is 0. The third-order valence-electron chi connectivity index (χ3n) is 5.02. The first-order valence-corrected chi connectivity index (χ1v) is 6.81. The van der Waals surface area contributed by atoms with Gasteiger partial charge in [-0.15, -0.1) is 0 Å². The second-order valence-electron chi connectivity index (χ2n) is 6.28. The van der Waals surface area contributed by atoms with Crippen molar-refractivity contribution in [3.63, 3.8) is 0 Å². The summed E-state index contributed by atoms with van der Waals surface area (Å²) in [6, 6.07) is 0.380. The lowest BCUT2D eigenvalue weighted by atomic mass is 9.54. The van der Waals surface area contributed by atoms with E-state index in [1.807, 2.05) is 0 Å². The molecule has 0 amide bonds. The van der Waals surface area contributed by atoms with Crippen molar-refractivity contribution in [3.8, 4) is 0 Å². The molecule has 1 N–H and O–H groups in total. The maximum Gasteiger partial charge on any atom is 0.390 e. The predicted molar refractivity (Wildman–Crippen MR) is 59.5 cm³/mol. The zero-order chi connectivity index (χ0) is 12.0. The summed E-state index contributed by atoms with van der Waals surface area (Å²) in [6.45, 7) is 0.108. The topological polar surface area (TPSA) is 12.0 Å². The lowest BCUT2D eigenvalue weighted by molar-refractivity contribution is -0.134. The number of hydrogen-bond acceptors (Lipinski definition) is 1. The molecule has 4 aliphatic rings. The van der Waals surface area contributed by atoms with Crippen LogP contribution in [-0.4, -0.2) is 18.8 Å². The van der Waals surface area contributed by atoms with Crippen molar-refractivity contribution in [2.75, 3.05) is 6.54 Å². The van der Waals surface area contributed by atoms with Gasteiger partial charge in [0.25, 0.3) is 0 Å². The highest BCUT2D eigenvalue weighted by Crippen LogP contribution is 2.53. The maximum atomic E-state index is 12.1. The minimum absolute atomic E-state index is 0.108. The molecule has 0 aliphatic heterocycles. The Hall–Kier alpha value is -0.250. The van der Waals surface area contributed by atoms with E-state index in [-0.39, 0.29) is 6.54 Å². The summed E-state index contributed by atoms with van der Waals surface area (Å²) in [6.07, 6.45) is 1.73. The number of alkyl halides is 3. The molecule has 0 unspecified atom stereocenters. The molecule has 0 saturated heterocycles. The van der Waals surface area contributed by atoms with E-state index in [1.54, 1.807) is 0 Å². The van der Waals surface area contributed by atoms with Gasteiger partial charge in [0, 0.05) is 12.6 Å². The Morgan fingerprint density at radius 3 is 1.88 bits per heavy atom. The fourth-order valence-electron chi connectivity index (χ4n) is 4.64. The van der Waals surface area contributed by atoms with Crippen LogP contribution in [0.25, 0.3) is 0 Å². The third kappa shape index (κ3) is 2.47. The Bertz CT molecular complexity index is 259. The van der Waals surface area contributed by atoms with E-state index in [0.29, 0.717) is 17.9 Å². The fraction of sp³-hybridized carbons (Fsp3) is 1.00. The summed E-state index contributed by atoms with van der Waals surface area (Å²) in [4.78, 5) is 0. The number of rotatable bonds is 3. The van der Waals surface area contributed by atoms with Crippen molar-refractivity contribution >= 4 is 0 Å². The van der Waals surface area contributed by atoms with Gasteiger partial charge in [0.1, 0.15) is 0 Å². The minimum atomic E-state index is -4.01. The average molecular weight is 247 g/mol. The van der Waals surface area contributed by atoms with Gasteiger partial charge in [-0.3, -0.25) is 0 Å².